The van der Waals surface area contributed by atoms with Crippen LogP contribution in [0.15, 0.2) is 30.3 Å². The van der Waals surface area contributed by atoms with Gasteiger partial charge in [0, 0.05) is 19.1 Å². The lowest BCUT2D eigenvalue weighted by molar-refractivity contribution is -0.119. The number of nitrogens with zero attached hydrogens (tertiary/aromatic N) is 1. The van der Waals surface area contributed by atoms with Gasteiger partial charge in [-0.1, -0.05) is 56.0 Å². The lowest BCUT2D eigenvalue weighted by Gasteiger charge is -2.32. The molecule has 1 aliphatic carbocycles. The minimum atomic E-state index is -0.269. The van der Waals surface area contributed by atoms with Gasteiger partial charge in [0.2, 0.25) is 5.91 Å². The van der Waals surface area contributed by atoms with Gasteiger partial charge in [0.05, 0.1) is 0 Å². The van der Waals surface area contributed by atoms with Gasteiger partial charge in [0.1, 0.15) is 5.25 Å². The zero-order valence-corrected chi connectivity index (χ0v) is 14.2. The summed E-state index contributed by atoms with van der Waals surface area (Å²) in [6.45, 7) is 1.51. The molecule has 0 spiro atoms. The second-order valence-electron chi connectivity index (χ2n) is 6.44. The van der Waals surface area contributed by atoms with Crippen LogP contribution in [0.25, 0.3) is 0 Å². The molecule has 2 fully saturated rings. The fraction of sp³-hybridized carbons (Fsp3) is 0.556. The van der Waals surface area contributed by atoms with Crippen molar-refractivity contribution in [3.8, 4) is 0 Å². The van der Waals surface area contributed by atoms with Gasteiger partial charge >= 0.3 is 0 Å². The van der Waals surface area contributed by atoms with Gasteiger partial charge in [-0.3, -0.25) is 19.8 Å². The van der Waals surface area contributed by atoms with Gasteiger partial charge < -0.3 is 0 Å². The van der Waals surface area contributed by atoms with Gasteiger partial charge in [0.15, 0.2) is 0 Å². The number of carbonyl (C=O) groups excluding carboxylic acids is 2. The zero-order chi connectivity index (χ0) is 16.1. The van der Waals surface area contributed by atoms with Crippen LogP contribution in [-0.2, 0) is 11.3 Å². The molecule has 1 saturated heterocycles. The Morgan fingerprint density at radius 1 is 1.04 bits per heavy atom. The van der Waals surface area contributed by atoms with Crippen molar-refractivity contribution < 1.29 is 9.59 Å². The van der Waals surface area contributed by atoms with E-state index in [0.29, 0.717) is 12.6 Å². The molecule has 23 heavy (non-hydrogen) atoms. The predicted molar refractivity (Wildman–Crippen MR) is 93.3 cm³/mol. The van der Waals surface area contributed by atoms with Crippen LogP contribution in [0.1, 0.15) is 44.1 Å². The summed E-state index contributed by atoms with van der Waals surface area (Å²) in [4.78, 5) is 25.8. The molecular formula is C18H24N2O2S. The summed E-state index contributed by atoms with van der Waals surface area (Å²) in [6, 6.07) is 10.9. The highest BCUT2D eigenvalue weighted by Gasteiger charge is 2.34. The summed E-state index contributed by atoms with van der Waals surface area (Å²) in [5.74, 6) is -0.133. The number of hydrogen-bond acceptors (Lipinski definition) is 4. The molecule has 2 aliphatic rings. The maximum atomic E-state index is 11.9. The molecule has 1 aromatic rings. The Kier molecular flexibility index (Phi) is 5.73. The quantitative estimate of drug-likeness (QED) is 0.838. The molecule has 2 amide bonds. The van der Waals surface area contributed by atoms with E-state index in [1.165, 1.54) is 44.1 Å². The lowest BCUT2D eigenvalue weighted by Crippen LogP contribution is -2.41. The minimum absolute atomic E-state index is 0.133. The molecular weight excluding hydrogens is 308 g/mol. The first-order valence-electron chi connectivity index (χ1n) is 8.52. The highest BCUT2D eigenvalue weighted by Crippen LogP contribution is 2.27. The molecule has 0 radical (unpaired) electrons. The molecule has 4 nitrogen and oxygen atoms in total. The predicted octanol–water partition coefficient (Wildman–Crippen LogP) is 3.56. The van der Waals surface area contributed by atoms with E-state index in [1.54, 1.807) is 0 Å². The first kappa shape index (κ1) is 16.5. The molecule has 124 valence electrons. The molecule has 5 heteroatoms. The maximum absolute atomic E-state index is 11.9. The molecule has 0 bridgehead atoms. The third kappa shape index (κ3) is 4.58. The van der Waals surface area contributed by atoms with Crippen LogP contribution >= 0.6 is 11.8 Å². The molecule has 1 aromatic carbocycles. The van der Waals surface area contributed by atoms with E-state index in [-0.39, 0.29) is 16.4 Å². The lowest BCUT2D eigenvalue weighted by atomic mass is 10.1. The Balaban J connectivity index is 1.72. The SMILES string of the molecule is O=C1NC(=O)C(CN(Cc2ccccc2)C2CCCCCC2)S1. The summed E-state index contributed by atoms with van der Waals surface area (Å²) < 4.78 is 0. The molecule has 1 saturated carbocycles. The van der Waals surface area contributed by atoms with Crippen LogP contribution < -0.4 is 5.32 Å². The second-order valence-corrected chi connectivity index (χ2v) is 7.62. The van der Waals surface area contributed by atoms with E-state index in [2.05, 4.69) is 34.5 Å². The molecule has 1 atom stereocenters. The Labute approximate surface area is 142 Å². The van der Waals surface area contributed by atoms with Crippen molar-refractivity contribution in [3.63, 3.8) is 0 Å². The maximum Gasteiger partial charge on any atom is 0.286 e. The number of rotatable bonds is 5. The third-order valence-electron chi connectivity index (χ3n) is 4.74. The molecule has 1 heterocycles. The minimum Gasteiger partial charge on any atom is -0.294 e. The van der Waals surface area contributed by atoms with Crippen LogP contribution in [0.4, 0.5) is 4.79 Å². The summed E-state index contributed by atoms with van der Waals surface area (Å²) >= 11 is 1.14. The standard InChI is InChI=1S/C18H24N2O2S/c21-17-16(23-18(22)19-17)13-20(12-14-8-4-3-5-9-14)15-10-6-1-2-7-11-15/h3-5,8-9,15-16H,1-2,6-7,10-13H2,(H,19,21,22). The van der Waals surface area contributed by atoms with Crippen molar-refractivity contribution in [2.75, 3.05) is 6.54 Å². The van der Waals surface area contributed by atoms with Crippen LogP contribution in [0.2, 0.25) is 0 Å². The van der Waals surface area contributed by atoms with Crippen molar-refractivity contribution in [3.05, 3.63) is 35.9 Å². The van der Waals surface area contributed by atoms with Crippen LogP contribution in [0, 0.1) is 0 Å². The van der Waals surface area contributed by atoms with E-state index in [4.69, 9.17) is 0 Å². The average molecular weight is 332 g/mol. The highest BCUT2D eigenvalue weighted by atomic mass is 32.2. The van der Waals surface area contributed by atoms with E-state index in [9.17, 15) is 9.59 Å². The number of nitrogens with one attached hydrogen (secondary N) is 1. The summed E-state index contributed by atoms with van der Waals surface area (Å²) in [7, 11) is 0. The Morgan fingerprint density at radius 2 is 1.74 bits per heavy atom. The first-order chi connectivity index (χ1) is 11.2. The van der Waals surface area contributed by atoms with Gasteiger partial charge in [0.25, 0.3) is 5.24 Å². The normalized spacial score (nSPS) is 23.1. The number of benzene rings is 1. The smallest absolute Gasteiger partial charge is 0.286 e. The number of hydrogen-bond donors (Lipinski definition) is 1. The Bertz CT molecular complexity index is 541. The first-order valence-corrected chi connectivity index (χ1v) is 9.40. The van der Waals surface area contributed by atoms with Crippen molar-refractivity contribution in [1.82, 2.24) is 10.2 Å². The van der Waals surface area contributed by atoms with Crippen LogP contribution in [0.5, 0.6) is 0 Å². The summed E-state index contributed by atoms with van der Waals surface area (Å²) in [5, 5.41) is 1.93. The van der Waals surface area contributed by atoms with E-state index >= 15 is 0 Å². The number of imide groups is 1. The van der Waals surface area contributed by atoms with Gasteiger partial charge in [-0.25, -0.2) is 0 Å². The third-order valence-corrected chi connectivity index (χ3v) is 5.70. The Hall–Kier alpha value is -1.33. The van der Waals surface area contributed by atoms with Crippen molar-refractivity contribution >= 4 is 22.9 Å². The molecule has 0 aromatic heterocycles. The topological polar surface area (TPSA) is 49.4 Å². The van der Waals surface area contributed by atoms with E-state index < -0.39 is 0 Å². The van der Waals surface area contributed by atoms with Crippen LogP contribution in [-0.4, -0.2) is 33.9 Å². The number of carbonyl (C=O) groups is 2. The molecule has 3 rings (SSSR count). The highest BCUT2D eigenvalue weighted by molar-refractivity contribution is 8.15. The monoisotopic (exact) mass is 332 g/mol. The summed E-state index contributed by atoms with van der Waals surface area (Å²) in [6.07, 6.45) is 7.54. The van der Waals surface area contributed by atoms with E-state index in [0.717, 1.165) is 18.3 Å². The van der Waals surface area contributed by atoms with Crippen molar-refractivity contribution in [2.45, 2.75) is 56.4 Å². The molecule has 1 unspecified atom stereocenters. The van der Waals surface area contributed by atoms with Crippen molar-refractivity contribution in [2.24, 2.45) is 0 Å². The molecule has 1 aliphatic heterocycles. The van der Waals surface area contributed by atoms with Gasteiger partial charge in [-0.15, -0.1) is 0 Å². The zero-order valence-electron chi connectivity index (χ0n) is 13.4. The number of amides is 2. The largest absolute Gasteiger partial charge is 0.294 e. The van der Waals surface area contributed by atoms with Gasteiger partial charge in [-0.2, -0.15) is 0 Å². The average Bonchev–Trinajstić information content (AvgIpc) is 2.76. The Morgan fingerprint density at radius 3 is 2.35 bits per heavy atom. The molecule has 1 N–H and O–H groups in total. The summed E-state index contributed by atoms with van der Waals surface area (Å²) in [5.41, 5.74) is 1.27. The van der Waals surface area contributed by atoms with E-state index in [1.807, 2.05) is 6.07 Å². The van der Waals surface area contributed by atoms with Crippen molar-refractivity contribution in [1.29, 1.82) is 0 Å². The second kappa shape index (κ2) is 7.97. The van der Waals surface area contributed by atoms with Crippen LogP contribution in [0.3, 0.4) is 0 Å². The number of thioether (sulfide) groups is 1. The fourth-order valence-corrected chi connectivity index (χ4v) is 4.36. The van der Waals surface area contributed by atoms with Gasteiger partial charge in [-0.05, 0) is 30.2 Å². The fourth-order valence-electron chi connectivity index (χ4n) is 3.51.